The van der Waals surface area contributed by atoms with E-state index in [-0.39, 0.29) is 5.91 Å². The molecule has 1 spiro atoms. The fourth-order valence-electron chi connectivity index (χ4n) is 3.89. The number of halogens is 1. The molecule has 2 aromatic rings. The molecule has 5 heteroatoms. The molecule has 1 aromatic heterocycles. The van der Waals surface area contributed by atoms with Crippen LogP contribution in [0.1, 0.15) is 37.4 Å². The van der Waals surface area contributed by atoms with Gasteiger partial charge in [0.25, 0.3) is 0 Å². The summed E-state index contributed by atoms with van der Waals surface area (Å²) in [5.74, 6) is 0.431. The molecule has 2 aliphatic rings. The van der Waals surface area contributed by atoms with Crippen LogP contribution < -0.4 is 4.90 Å². The van der Waals surface area contributed by atoms with Gasteiger partial charge in [-0.1, -0.05) is 36.6 Å². The van der Waals surface area contributed by atoms with Gasteiger partial charge in [-0.25, -0.2) is 4.98 Å². The normalized spacial score (nSPS) is 22.4. The number of aromatic nitrogens is 1. The van der Waals surface area contributed by atoms with Gasteiger partial charge in [0.15, 0.2) is 0 Å². The van der Waals surface area contributed by atoms with E-state index >= 15 is 0 Å². The van der Waals surface area contributed by atoms with Crippen molar-refractivity contribution in [2.24, 2.45) is 5.41 Å². The summed E-state index contributed by atoms with van der Waals surface area (Å²) >= 11 is 6.11. The number of carbonyl (C=O) groups excluding carboxylic acids is 1. The predicted octanol–water partition coefficient (Wildman–Crippen LogP) is 4.01. The van der Waals surface area contributed by atoms with Gasteiger partial charge in [0, 0.05) is 16.8 Å². The Morgan fingerprint density at radius 3 is 2.74 bits per heavy atom. The van der Waals surface area contributed by atoms with Crippen molar-refractivity contribution in [3.8, 4) is 0 Å². The molecule has 1 N–H and O–H groups in total. The lowest BCUT2D eigenvalue weighted by Gasteiger charge is -2.43. The Bertz CT molecular complexity index is 771. The van der Waals surface area contributed by atoms with E-state index in [1.165, 1.54) is 0 Å². The number of amides is 1. The molecule has 1 unspecified atom stereocenters. The van der Waals surface area contributed by atoms with Gasteiger partial charge in [0.2, 0.25) is 5.91 Å². The molecule has 1 saturated carbocycles. The lowest BCUT2D eigenvalue weighted by atomic mass is 9.73. The summed E-state index contributed by atoms with van der Waals surface area (Å²) in [5.41, 5.74) is 0.674. The Hall–Kier alpha value is -1.91. The first kappa shape index (κ1) is 14.7. The van der Waals surface area contributed by atoms with E-state index in [0.29, 0.717) is 34.9 Å². The number of aliphatic hydroxyl groups excluding tert-OH is 1. The number of hydrogen-bond acceptors (Lipinski definition) is 3. The fourth-order valence-corrected chi connectivity index (χ4v) is 4.08. The zero-order valence-corrected chi connectivity index (χ0v) is 13.3. The minimum atomic E-state index is -0.795. The molecule has 1 atom stereocenters. The largest absolute Gasteiger partial charge is 0.387 e. The van der Waals surface area contributed by atoms with Gasteiger partial charge in [0.05, 0.1) is 17.2 Å². The van der Waals surface area contributed by atoms with Gasteiger partial charge in [-0.2, -0.15) is 0 Å². The topological polar surface area (TPSA) is 53.4 Å². The van der Waals surface area contributed by atoms with Crippen LogP contribution in [0, 0.1) is 5.41 Å². The van der Waals surface area contributed by atoms with Gasteiger partial charge in [-0.05, 0) is 37.1 Å². The molecule has 0 radical (unpaired) electrons. The zero-order chi connectivity index (χ0) is 16.0. The second-order valence-electron chi connectivity index (χ2n) is 6.30. The average Bonchev–Trinajstić information content (AvgIpc) is 3.05. The number of fused-ring (bicyclic) bond motifs is 1. The number of pyridine rings is 1. The van der Waals surface area contributed by atoms with Crippen LogP contribution in [0.15, 0.2) is 42.6 Å². The number of benzene rings is 1. The van der Waals surface area contributed by atoms with Crippen molar-refractivity contribution in [2.45, 2.75) is 31.8 Å². The molecule has 23 heavy (non-hydrogen) atoms. The summed E-state index contributed by atoms with van der Waals surface area (Å²) < 4.78 is 0. The van der Waals surface area contributed by atoms with Crippen LogP contribution in [-0.2, 0) is 4.79 Å². The molecular formula is C18H17ClN2O2. The number of aliphatic hydroxyl groups is 1. The summed E-state index contributed by atoms with van der Waals surface area (Å²) in [6, 6.07) is 10.9. The van der Waals surface area contributed by atoms with Gasteiger partial charge >= 0.3 is 0 Å². The highest BCUT2D eigenvalue weighted by Gasteiger charge is 2.54. The molecular weight excluding hydrogens is 312 g/mol. The van der Waals surface area contributed by atoms with E-state index in [2.05, 4.69) is 4.98 Å². The highest BCUT2D eigenvalue weighted by molar-refractivity contribution is 6.31. The highest BCUT2D eigenvalue weighted by Crippen LogP contribution is 2.55. The maximum atomic E-state index is 13.3. The Balaban J connectivity index is 1.93. The molecule has 1 fully saturated rings. The second kappa shape index (κ2) is 5.32. The minimum absolute atomic E-state index is 0.0732. The quantitative estimate of drug-likeness (QED) is 0.860. The lowest BCUT2D eigenvalue weighted by molar-refractivity contribution is -0.135. The third-order valence-electron chi connectivity index (χ3n) is 5.04. The molecule has 0 bridgehead atoms. The minimum Gasteiger partial charge on any atom is -0.387 e. The molecule has 1 aromatic carbocycles. The van der Waals surface area contributed by atoms with Crippen LogP contribution in [0.2, 0.25) is 5.02 Å². The summed E-state index contributed by atoms with van der Waals surface area (Å²) in [5, 5.41) is 11.5. The SMILES string of the molecule is O=C1N(c2cccc(Cl)c2)c2ncccc2C(O)C12CCCC2. The summed E-state index contributed by atoms with van der Waals surface area (Å²) in [6.45, 7) is 0. The monoisotopic (exact) mass is 328 g/mol. The van der Waals surface area contributed by atoms with Crippen LogP contribution in [0.4, 0.5) is 11.5 Å². The van der Waals surface area contributed by atoms with Gasteiger partial charge in [-0.3, -0.25) is 9.69 Å². The fraction of sp³-hybridized carbons (Fsp3) is 0.333. The number of anilines is 2. The van der Waals surface area contributed by atoms with Crippen molar-refractivity contribution in [1.29, 1.82) is 0 Å². The smallest absolute Gasteiger partial charge is 0.241 e. The standard InChI is InChI=1S/C18H17ClN2O2/c19-12-5-3-6-13(11-12)21-16-14(7-4-10-20-16)15(22)18(17(21)23)8-1-2-9-18/h3-7,10-11,15,22H,1-2,8-9H2. The van der Waals surface area contributed by atoms with Crippen LogP contribution in [0.5, 0.6) is 0 Å². The van der Waals surface area contributed by atoms with E-state index in [1.54, 1.807) is 29.3 Å². The maximum Gasteiger partial charge on any atom is 0.241 e. The molecule has 2 heterocycles. The lowest BCUT2D eigenvalue weighted by Crippen LogP contribution is -2.48. The first-order valence-corrected chi connectivity index (χ1v) is 8.24. The number of hydrogen-bond donors (Lipinski definition) is 1. The van der Waals surface area contributed by atoms with Gasteiger partial charge in [-0.15, -0.1) is 0 Å². The zero-order valence-electron chi connectivity index (χ0n) is 12.6. The third kappa shape index (κ3) is 2.09. The Kier molecular flexibility index (Phi) is 3.39. The number of nitrogens with zero attached hydrogens (tertiary/aromatic N) is 2. The first-order valence-electron chi connectivity index (χ1n) is 7.87. The first-order chi connectivity index (χ1) is 11.1. The molecule has 1 amide bonds. The maximum absolute atomic E-state index is 13.3. The van der Waals surface area contributed by atoms with Crippen LogP contribution in [0.3, 0.4) is 0 Å². The molecule has 4 nitrogen and oxygen atoms in total. The average molecular weight is 329 g/mol. The van der Waals surface area contributed by atoms with Crippen LogP contribution in [-0.4, -0.2) is 16.0 Å². The van der Waals surface area contributed by atoms with Gasteiger partial charge < -0.3 is 5.11 Å². The molecule has 1 aliphatic carbocycles. The van der Waals surface area contributed by atoms with Crippen molar-refractivity contribution in [3.63, 3.8) is 0 Å². The van der Waals surface area contributed by atoms with Crippen molar-refractivity contribution in [3.05, 3.63) is 53.2 Å². The summed E-state index contributed by atoms with van der Waals surface area (Å²) in [6.07, 6.45) is 4.18. The molecule has 1 aliphatic heterocycles. The third-order valence-corrected chi connectivity index (χ3v) is 5.27. The highest BCUT2D eigenvalue weighted by atomic mass is 35.5. The number of rotatable bonds is 1. The van der Waals surface area contributed by atoms with Crippen LogP contribution >= 0.6 is 11.6 Å². The van der Waals surface area contributed by atoms with E-state index in [4.69, 9.17) is 11.6 Å². The second-order valence-corrected chi connectivity index (χ2v) is 6.74. The molecule has 118 valence electrons. The van der Waals surface area contributed by atoms with E-state index in [9.17, 15) is 9.90 Å². The van der Waals surface area contributed by atoms with Crippen molar-refractivity contribution < 1.29 is 9.90 Å². The van der Waals surface area contributed by atoms with Crippen LogP contribution in [0.25, 0.3) is 0 Å². The van der Waals surface area contributed by atoms with E-state index in [0.717, 1.165) is 12.8 Å². The Morgan fingerprint density at radius 2 is 2.00 bits per heavy atom. The summed E-state index contributed by atoms with van der Waals surface area (Å²) in [4.78, 5) is 19.3. The van der Waals surface area contributed by atoms with Crippen molar-refractivity contribution in [2.75, 3.05) is 4.90 Å². The van der Waals surface area contributed by atoms with Crippen molar-refractivity contribution >= 4 is 29.0 Å². The van der Waals surface area contributed by atoms with Gasteiger partial charge in [0.1, 0.15) is 5.82 Å². The summed E-state index contributed by atoms with van der Waals surface area (Å²) in [7, 11) is 0. The predicted molar refractivity (Wildman–Crippen MR) is 88.7 cm³/mol. The Labute approximate surface area is 139 Å². The van der Waals surface area contributed by atoms with E-state index < -0.39 is 11.5 Å². The van der Waals surface area contributed by atoms with E-state index in [1.807, 2.05) is 18.2 Å². The number of carbonyl (C=O) groups is 1. The van der Waals surface area contributed by atoms with Crippen molar-refractivity contribution in [1.82, 2.24) is 4.98 Å². The molecule has 0 saturated heterocycles. The molecule has 4 rings (SSSR count). The Morgan fingerprint density at radius 1 is 1.22 bits per heavy atom.